The van der Waals surface area contributed by atoms with Crippen molar-refractivity contribution in [3.63, 3.8) is 0 Å². The summed E-state index contributed by atoms with van der Waals surface area (Å²) in [6.07, 6.45) is 2.15. The van der Waals surface area contributed by atoms with E-state index >= 15 is 0 Å². The summed E-state index contributed by atoms with van der Waals surface area (Å²) >= 11 is 0. The molecule has 1 aliphatic rings. The Morgan fingerprint density at radius 3 is 2.75 bits per heavy atom. The molecule has 1 unspecified atom stereocenters. The molecule has 1 aromatic heterocycles. The monoisotopic (exact) mass is 329 g/mol. The molecule has 6 heteroatoms. The standard InChI is InChI=1S/C18H23N3O3/c1-18(2,3)24-17(23)21-9-7-12-4-5-13(10-15(12)21)16(22)20-14-6-8-19-11-14/h4-5,7,9-10,14,19H,6,8,11H2,1-3H3,(H,20,22). The zero-order valence-corrected chi connectivity index (χ0v) is 14.3. The van der Waals surface area contributed by atoms with Crippen molar-refractivity contribution in [2.45, 2.75) is 38.8 Å². The molecule has 128 valence electrons. The molecule has 1 atom stereocenters. The summed E-state index contributed by atoms with van der Waals surface area (Å²) in [6.45, 7) is 7.19. The molecule has 1 saturated heterocycles. The molecule has 0 radical (unpaired) electrons. The fourth-order valence-electron chi connectivity index (χ4n) is 2.79. The van der Waals surface area contributed by atoms with Gasteiger partial charge in [-0.25, -0.2) is 4.79 Å². The number of nitrogens with zero attached hydrogens (tertiary/aromatic N) is 1. The number of fused-ring (bicyclic) bond motifs is 1. The Kier molecular flexibility index (Phi) is 4.32. The maximum absolute atomic E-state index is 12.4. The van der Waals surface area contributed by atoms with E-state index in [-0.39, 0.29) is 11.9 Å². The third kappa shape index (κ3) is 3.59. The van der Waals surface area contributed by atoms with Crippen LogP contribution < -0.4 is 10.6 Å². The van der Waals surface area contributed by atoms with Gasteiger partial charge in [0.25, 0.3) is 5.91 Å². The van der Waals surface area contributed by atoms with Gasteiger partial charge in [0.1, 0.15) is 5.60 Å². The molecule has 0 bridgehead atoms. The van der Waals surface area contributed by atoms with Crippen LogP contribution in [0.15, 0.2) is 30.5 Å². The van der Waals surface area contributed by atoms with Crippen molar-refractivity contribution < 1.29 is 14.3 Å². The highest BCUT2D eigenvalue weighted by molar-refractivity contribution is 5.99. The molecule has 0 spiro atoms. The largest absolute Gasteiger partial charge is 0.443 e. The predicted molar refractivity (Wildman–Crippen MR) is 92.3 cm³/mol. The van der Waals surface area contributed by atoms with E-state index in [2.05, 4.69) is 10.6 Å². The van der Waals surface area contributed by atoms with Gasteiger partial charge in [0.05, 0.1) is 5.52 Å². The second-order valence-electron chi connectivity index (χ2n) is 7.10. The molecule has 6 nitrogen and oxygen atoms in total. The first-order valence-corrected chi connectivity index (χ1v) is 8.19. The van der Waals surface area contributed by atoms with Crippen molar-refractivity contribution in [3.8, 4) is 0 Å². The van der Waals surface area contributed by atoms with E-state index in [9.17, 15) is 9.59 Å². The zero-order valence-electron chi connectivity index (χ0n) is 14.3. The first kappa shape index (κ1) is 16.5. The van der Waals surface area contributed by atoms with E-state index in [0.717, 1.165) is 24.9 Å². The number of carbonyl (C=O) groups is 2. The quantitative estimate of drug-likeness (QED) is 0.888. The van der Waals surface area contributed by atoms with Gasteiger partial charge in [-0.3, -0.25) is 9.36 Å². The highest BCUT2D eigenvalue weighted by atomic mass is 16.6. The molecule has 1 aromatic carbocycles. The van der Waals surface area contributed by atoms with Crippen molar-refractivity contribution >= 4 is 22.9 Å². The Morgan fingerprint density at radius 2 is 2.08 bits per heavy atom. The number of benzene rings is 1. The highest BCUT2D eigenvalue weighted by Crippen LogP contribution is 2.20. The molecule has 0 aliphatic carbocycles. The number of carbonyl (C=O) groups excluding carboxylic acids is 2. The highest BCUT2D eigenvalue weighted by Gasteiger charge is 2.21. The lowest BCUT2D eigenvalue weighted by Gasteiger charge is -2.19. The van der Waals surface area contributed by atoms with Gasteiger partial charge < -0.3 is 15.4 Å². The van der Waals surface area contributed by atoms with E-state index in [1.165, 1.54) is 4.57 Å². The minimum Gasteiger partial charge on any atom is -0.443 e. The van der Waals surface area contributed by atoms with Crippen LogP contribution in [0.3, 0.4) is 0 Å². The third-order valence-electron chi connectivity index (χ3n) is 3.94. The van der Waals surface area contributed by atoms with E-state index < -0.39 is 11.7 Å². The second-order valence-corrected chi connectivity index (χ2v) is 7.10. The van der Waals surface area contributed by atoms with E-state index in [1.54, 1.807) is 18.3 Å². The van der Waals surface area contributed by atoms with Crippen molar-refractivity contribution in [2.24, 2.45) is 0 Å². The van der Waals surface area contributed by atoms with Gasteiger partial charge in [-0.15, -0.1) is 0 Å². The molecular weight excluding hydrogens is 306 g/mol. The fraction of sp³-hybridized carbons (Fsp3) is 0.444. The van der Waals surface area contributed by atoms with Crippen LogP contribution in [-0.2, 0) is 4.74 Å². The lowest BCUT2D eigenvalue weighted by atomic mass is 10.1. The molecule has 1 aliphatic heterocycles. The Hall–Kier alpha value is -2.34. The average Bonchev–Trinajstić information content (AvgIpc) is 3.13. The predicted octanol–water partition coefficient (Wildman–Crippen LogP) is 2.52. The van der Waals surface area contributed by atoms with Crippen molar-refractivity contribution in [1.29, 1.82) is 0 Å². The molecule has 2 N–H and O–H groups in total. The number of amides is 1. The van der Waals surface area contributed by atoms with Crippen molar-refractivity contribution in [1.82, 2.24) is 15.2 Å². The van der Waals surface area contributed by atoms with Crippen LogP contribution in [0.5, 0.6) is 0 Å². The first-order valence-electron chi connectivity index (χ1n) is 8.19. The van der Waals surface area contributed by atoms with Gasteiger partial charge in [0.15, 0.2) is 0 Å². The van der Waals surface area contributed by atoms with Crippen LogP contribution in [0, 0.1) is 0 Å². The molecule has 2 heterocycles. The summed E-state index contributed by atoms with van der Waals surface area (Å²) in [5.41, 5.74) is 0.636. The number of rotatable bonds is 2. The number of ether oxygens (including phenoxy) is 1. The number of nitrogens with one attached hydrogen (secondary N) is 2. The van der Waals surface area contributed by atoms with E-state index in [4.69, 9.17) is 4.74 Å². The normalized spacial score (nSPS) is 17.9. The minimum atomic E-state index is -0.571. The van der Waals surface area contributed by atoms with Crippen LogP contribution in [-0.4, -0.2) is 41.3 Å². The summed E-state index contributed by atoms with van der Waals surface area (Å²) in [5, 5.41) is 7.12. The van der Waals surface area contributed by atoms with Gasteiger partial charge >= 0.3 is 6.09 Å². The molecular formula is C18H23N3O3. The lowest BCUT2D eigenvalue weighted by molar-refractivity contribution is 0.0544. The maximum atomic E-state index is 12.4. The summed E-state index contributed by atoms with van der Waals surface area (Å²) < 4.78 is 6.85. The van der Waals surface area contributed by atoms with Crippen molar-refractivity contribution in [2.75, 3.05) is 13.1 Å². The smallest absolute Gasteiger partial charge is 0.418 e. The topological polar surface area (TPSA) is 72.4 Å². The Balaban J connectivity index is 1.85. The van der Waals surface area contributed by atoms with Crippen LogP contribution in [0.2, 0.25) is 0 Å². The molecule has 0 saturated carbocycles. The molecule has 3 rings (SSSR count). The van der Waals surface area contributed by atoms with Gasteiger partial charge in [0.2, 0.25) is 0 Å². The van der Waals surface area contributed by atoms with E-state index in [0.29, 0.717) is 11.1 Å². The molecule has 1 fully saturated rings. The number of aromatic nitrogens is 1. The molecule has 1 amide bonds. The number of hydrogen-bond acceptors (Lipinski definition) is 4. The van der Waals surface area contributed by atoms with Gasteiger partial charge in [-0.05, 0) is 51.9 Å². The molecule has 24 heavy (non-hydrogen) atoms. The third-order valence-corrected chi connectivity index (χ3v) is 3.94. The average molecular weight is 329 g/mol. The van der Waals surface area contributed by atoms with Gasteiger partial charge in [0, 0.05) is 29.7 Å². The summed E-state index contributed by atoms with van der Waals surface area (Å²) in [5.74, 6) is -0.123. The van der Waals surface area contributed by atoms with Gasteiger partial charge in [-0.1, -0.05) is 6.07 Å². The minimum absolute atomic E-state index is 0.123. The Bertz CT molecular complexity index is 767. The van der Waals surface area contributed by atoms with Crippen LogP contribution in [0.25, 0.3) is 10.9 Å². The fourth-order valence-corrected chi connectivity index (χ4v) is 2.79. The van der Waals surface area contributed by atoms with Crippen LogP contribution in [0.1, 0.15) is 37.6 Å². The zero-order chi connectivity index (χ0) is 17.3. The SMILES string of the molecule is CC(C)(C)OC(=O)n1ccc2ccc(C(=O)NC3CCNC3)cc21. The number of hydrogen-bond donors (Lipinski definition) is 2. The lowest BCUT2D eigenvalue weighted by Crippen LogP contribution is -2.36. The summed E-state index contributed by atoms with van der Waals surface area (Å²) in [7, 11) is 0. The Morgan fingerprint density at radius 1 is 1.29 bits per heavy atom. The van der Waals surface area contributed by atoms with Gasteiger partial charge in [-0.2, -0.15) is 0 Å². The molecule has 2 aromatic rings. The summed E-state index contributed by atoms with van der Waals surface area (Å²) in [6, 6.07) is 7.35. The van der Waals surface area contributed by atoms with Crippen molar-refractivity contribution in [3.05, 3.63) is 36.0 Å². The maximum Gasteiger partial charge on any atom is 0.418 e. The second kappa shape index (κ2) is 6.28. The summed E-state index contributed by atoms with van der Waals surface area (Å²) in [4.78, 5) is 24.7. The van der Waals surface area contributed by atoms with Crippen LogP contribution in [0.4, 0.5) is 4.79 Å². The first-order chi connectivity index (χ1) is 11.3. The Labute approximate surface area is 141 Å². The van der Waals surface area contributed by atoms with E-state index in [1.807, 2.05) is 32.9 Å². The van der Waals surface area contributed by atoms with Crippen LogP contribution >= 0.6 is 0 Å².